The lowest BCUT2D eigenvalue weighted by atomic mass is 9.99. The molecular weight excluding hydrogens is 284 g/mol. The van der Waals surface area contributed by atoms with Gasteiger partial charge in [0.2, 0.25) is 10.0 Å². The first kappa shape index (κ1) is 17.2. The van der Waals surface area contributed by atoms with Crippen LogP contribution >= 0.6 is 11.6 Å². The van der Waals surface area contributed by atoms with E-state index in [0.29, 0.717) is 24.9 Å². The van der Waals surface area contributed by atoms with Crippen molar-refractivity contribution in [3.63, 3.8) is 0 Å². The van der Waals surface area contributed by atoms with E-state index in [1.54, 1.807) is 4.31 Å². The van der Waals surface area contributed by atoms with Gasteiger partial charge in [-0.2, -0.15) is 0 Å². The molecule has 1 N–H and O–H groups in total. The smallest absolute Gasteiger partial charge is 0.211 e. The highest BCUT2D eigenvalue weighted by molar-refractivity contribution is 7.88. The topological polar surface area (TPSA) is 49.4 Å². The van der Waals surface area contributed by atoms with Crippen LogP contribution in [0.15, 0.2) is 0 Å². The van der Waals surface area contributed by atoms with Crippen molar-refractivity contribution in [3.05, 3.63) is 0 Å². The molecule has 0 aromatic carbocycles. The summed E-state index contributed by atoms with van der Waals surface area (Å²) < 4.78 is 24.6. The van der Waals surface area contributed by atoms with E-state index in [-0.39, 0.29) is 0 Å². The lowest BCUT2D eigenvalue weighted by Gasteiger charge is -2.31. The van der Waals surface area contributed by atoms with Crippen LogP contribution in [0, 0.1) is 11.8 Å². The van der Waals surface area contributed by atoms with E-state index in [1.165, 1.54) is 6.26 Å². The molecule has 1 saturated heterocycles. The van der Waals surface area contributed by atoms with Gasteiger partial charge in [0.1, 0.15) is 0 Å². The zero-order valence-corrected chi connectivity index (χ0v) is 13.6. The zero-order valence-electron chi connectivity index (χ0n) is 12.1. The Morgan fingerprint density at radius 1 is 1.47 bits per heavy atom. The number of hydrogen-bond donors (Lipinski definition) is 1. The molecule has 4 nitrogen and oxygen atoms in total. The summed E-state index contributed by atoms with van der Waals surface area (Å²) in [6, 6.07) is 0. The molecule has 0 saturated carbocycles. The van der Waals surface area contributed by atoms with Gasteiger partial charge < -0.3 is 5.32 Å². The maximum Gasteiger partial charge on any atom is 0.211 e. The zero-order chi connectivity index (χ0) is 14.3. The van der Waals surface area contributed by atoms with Crippen molar-refractivity contribution in [2.24, 2.45) is 11.8 Å². The van der Waals surface area contributed by atoms with Gasteiger partial charge in [-0.05, 0) is 50.6 Å². The van der Waals surface area contributed by atoms with Crippen LogP contribution in [0.2, 0.25) is 0 Å². The predicted octanol–water partition coefficient (Wildman–Crippen LogP) is 1.90. The quantitative estimate of drug-likeness (QED) is 0.550. The van der Waals surface area contributed by atoms with Gasteiger partial charge in [0, 0.05) is 19.0 Å². The summed E-state index contributed by atoms with van der Waals surface area (Å²) in [5, 5.41) is 3.44. The van der Waals surface area contributed by atoms with Crippen molar-refractivity contribution in [1.29, 1.82) is 0 Å². The molecule has 6 heteroatoms. The molecule has 0 aromatic heterocycles. The largest absolute Gasteiger partial charge is 0.316 e. The number of alkyl halides is 1. The van der Waals surface area contributed by atoms with E-state index >= 15 is 0 Å². The molecule has 1 fully saturated rings. The number of nitrogens with zero attached hydrogens (tertiary/aromatic N) is 1. The summed E-state index contributed by atoms with van der Waals surface area (Å²) in [5.74, 6) is 1.76. The molecule has 19 heavy (non-hydrogen) atoms. The highest BCUT2D eigenvalue weighted by Crippen LogP contribution is 2.18. The number of halogens is 1. The predicted molar refractivity (Wildman–Crippen MR) is 81.1 cm³/mol. The minimum absolute atomic E-state index is 0.453. The standard InChI is InChI=1S/C13H27ClN2O2S/c1-12(9-14)5-3-7-15-10-13-6-4-8-16(11-13)19(2,17)18/h12-13,15H,3-11H2,1-2H3. The molecule has 0 radical (unpaired) electrons. The fourth-order valence-corrected chi connectivity index (χ4v) is 3.55. The van der Waals surface area contributed by atoms with E-state index in [2.05, 4.69) is 12.2 Å². The summed E-state index contributed by atoms with van der Waals surface area (Å²) in [7, 11) is -3.02. The highest BCUT2D eigenvalue weighted by atomic mass is 35.5. The average molecular weight is 311 g/mol. The van der Waals surface area contributed by atoms with Gasteiger partial charge in [-0.15, -0.1) is 11.6 Å². The summed E-state index contributed by atoms with van der Waals surface area (Å²) in [6.07, 6.45) is 5.68. The third-order valence-corrected chi connectivity index (χ3v) is 5.49. The van der Waals surface area contributed by atoms with Gasteiger partial charge in [-0.1, -0.05) is 6.92 Å². The molecule has 1 heterocycles. The maximum absolute atomic E-state index is 11.5. The minimum Gasteiger partial charge on any atom is -0.316 e. The third-order valence-electron chi connectivity index (χ3n) is 3.70. The van der Waals surface area contributed by atoms with Gasteiger partial charge in [-0.3, -0.25) is 0 Å². The summed E-state index contributed by atoms with van der Waals surface area (Å²) >= 11 is 5.76. The second kappa shape index (κ2) is 8.45. The van der Waals surface area contributed by atoms with Crippen molar-refractivity contribution in [3.8, 4) is 0 Å². The van der Waals surface area contributed by atoms with Crippen molar-refractivity contribution in [2.75, 3.05) is 38.3 Å². The van der Waals surface area contributed by atoms with E-state index in [0.717, 1.165) is 44.7 Å². The number of rotatable bonds is 8. The van der Waals surface area contributed by atoms with Crippen LogP contribution < -0.4 is 5.32 Å². The average Bonchev–Trinajstić information content (AvgIpc) is 2.37. The van der Waals surface area contributed by atoms with Crippen molar-refractivity contribution >= 4 is 21.6 Å². The first-order valence-electron chi connectivity index (χ1n) is 7.15. The summed E-state index contributed by atoms with van der Waals surface area (Å²) in [4.78, 5) is 0. The van der Waals surface area contributed by atoms with Crippen LogP contribution in [0.3, 0.4) is 0 Å². The Hall–Kier alpha value is 0.160. The van der Waals surface area contributed by atoms with Crippen LogP contribution in [-0.2, 0) is 10.0 Å². The molecule has 1 aliphatic rings. The fourth-order valence-electron chi connectivity index (χ4n) is 2.45. The molecule has 1 rings (SSSR count). The van der Waals surface area contributed by atoms with Gasteiger partial charge in [0.15, 0.2) is 0 Å². The SMILES string of the molecule is CC(CCl)CCCNCC1CCCN(S(C)(=O)=O)C1. The Bertz CT molecular complexity index is 349. The summed E-state index contributed by atoms with van der Waals surface area (Å²) in [5.41, 5.74) is 0. The van der Waals surface area contributed by atoms with Crippen LogP contribution in [0.25, 0.3) is 0 Å². The molecule has 0 bridgehead atoms. The first-order chi connectivity index (χ1) is 8.93. The van der Waals surface area contributed by atoms with E-state index < -0.39 is 10.0 Å². The van der Waals surface area contributed by atoms with Crippen LogP contribution in [-0.4, -0.2) is 51.0 Å². The molecule has 2 unspecified atom stereocenters. The molecule has 0 aliphatic carbocycles. The van der Waals surface area contributed by atoms with Crippen LogP contribution in [0.5, 0.6) is 0 Å². The van der Waals surface area contributed by atoms with Crippen molar-refractivity contribution < 1.29 is 8.42 Å². The van der Waals surface area contributed by atoms with Gasteiger partial charge >= 0.3 is 0 Å². The Balaban J connectivity index is 2.16. The molecule has 114 valence electrons. The number of piperidine rings is 1. The monoisotopic (exact) mass is 310 g/mol. The lowest BCUT2D eigenvalue weighted by Crippen LogP contribution is -2.42. The Morgan fingerprint density at radius 2 is 2.21 bits per heavy atom. The second-order valence-corrected chi connectivity index (χ2v) is 8.03. The normalized spacial score (nSPS) is 23.4. The number of hydrogen-bond acceptors (Lipinski definition) is 3. The first-order valence-corrected chi connectivity index (χ1v) is 9.53. The van der Waals surface area contributed by atoms with E-state index in [4.69, 9.17) is 11.6 Å². The van der Waals surface area contributed by atoms with E-state index in [9.17, 15) is 8.42 Å². The molecule has 1 aliphatic heterocycles. The fraction of sp³-hybridized carbons (Fsp3) is 1.00. The van der Waals surface area contributed by atoms with Gasteiger partial charge in [0.05, 0.1) is 6.26 Å². The molecule has 0 amide bonds. The van der Waals surface area contributed by atoms with Gasteiger partial charge in [-0.25, -0.2) is 12.7 Å². The Morgan fingerprint density at radius 3 is 2.84 bits per heavy atom. The lowest BCUT2D eigenvalue weighted by molar-refractivity contribution is 0.261. The minimum atomic E-state index is -3.02. The van der Waals surface area contributed by atoms with Gasteiger partial charge in [0.25, 0.3) is 0 Å². The Kier molecular flexibility index (Phi) is 7.65. The molecule has 2 atom stereocenters. The molecule has 0 aromatic rings. The number of nitrogens with one attached hydrogen (secondary N) is 1. The van der Waals surface area contributed by atoms with Crippen molar-refractivity contribution in [2.45, 2.75) is 32.6 Å². The van der Waals surface area contributed by atoms with Crippen LogP contribution in [0.4, 0.5) is 0 Å². The van der Waals surface area contributed by atoms with Crippen LogP contribution in [0.1, 0.15) is 32.6 Å². The highest BCUT2D eigenvalue weighted by Gasteiger charge is 2.25. The summed E-state index contributed by atoms with van der Waals surface area (Å²) in [6.45, 7) is 5.43. The third kappa shape index (κ3) is 6.93. The Labute approximate surface area is 122 Å². The maximum atomic E-state index is 11.5. The molecular formula is C13H27ClN2O2S. The van der Waals surface area contributed by atoms with E-state index in [1.807, 2.05) is 0 Å². The second-order valence-electron chi connectivity index (χ2n) is 5.74. The van der Waals surface area contributed by atoms with Crippen molar-refractivity contribution in [1.82, 2.24) is 9.62 Å². The number of sulfonamides is 1. The molecule has 0 spiro atoms.